The van der Waals surface area contributed by atoms with Crippen molar-refractivity contribution in [2.75, 3.05) is 5.43 Å². The highest BCUT2D eigenvalue weighted by atomic mass is 19.1. The third kappa shape index (κ3) is 4.58. The van der Waals surface area contributed by atoms with Crippen LogP contribution in [0.15, 0.2) is 53.3 Å². The second-order valence-corrected chi connectivity index (χ2v) is 7.76. The minimum atomic E-state index is -0.457. The SMILES string of the molecule is CC(C)(C)Cc1nc2cc(F)ccc2c(=O)n1NC(=O)Cc1ccccc1. The molecule has 5 nitrogen and oxygen atoms in total. The van der Waals surface area contributed by atoms with Gasteiger partial charge in [-0.1, -0.05) is 51.1 Å². The Morgan fingerprint density at radius 2 is 1.85 bits per heavy atom. The molecular weight excluding hydrogens is 345 g/mol. The zero-order chi connectivity index (χ0) is 19.6. The summed E-state index contributed by atoms with van der Waals surface area (Å²) in [6.07, 6.45) is 0.587. The van der Waals surface area contributed by atoms with Crippen molar-refractivity contribution in [2.24, 2.45) is 5.41 Å². The van der Waals surface area contributed by atoms with Gasteiger partial charge < -0.3 is 0 Å². The summed E-state index contributed by atoms with van der Waals surface area (Å²) in [5, 5.41) is 0.258. The van der Waals surface area contributed by atoms with Gasteiger partial charge in [0.1, 0.15) is 11.6 Å². The van der Waals surface area contributed by atoms with Gasteiger partial charge in [-0.3, -0.25) is 15.0 Å². The Hall–Kier alpha value is -3.02. The Morgan fingerprint density at radius 1 is 1.15 bits per heavy atom. The topological polar surface area (TPSA) is 64.0 Å². The van der Waals surface area contributed by atoms with Crippen LogP contribution in [-0.2, 0) is 17.6 Å². The van der Waals surface area contributed by atoms with E-state index in [-0.39, 0.29) is 28.6 Å². The molecule has 27 heavy (non-hydrogen) atoms. The molecule has 3 aromatic rings. The molecule has 0 unspecified atom stereocenters. The lowest BCUT2D eigenvalue weighted by Crippen LogP contribution is -2.38. The van der Waals surface area contributed by atoms with Gasteiger partial charge in [-0.2, -0.15) is 0 Å². The molecule has 1 heterocycles. The summed E-state index contributed by atoms with van der Waals surface area (Å²) < 4.78 is 14.8. The highest BCUT2D eigenvalue weighted by Gasteiger charge is 2.20. The van der Waals surface area contributed by atoms with Gasteiger partial charge in [0.2, 0.25) is 5.91 Å². The van der Waals surface area contributed by atoms with Crippen molar-refractivity contribution in [3.8, 4) is 0 Å². The summed E-state index contributed by atoms with van der Waals surface area (Å²) in [7, 11) is 0. The molecule has 0 saturated heterocycles. The maximum absolute atomic E-state index is 13.6. The quantitative estimate of drug-likeness (QED) is 0.768. The van der Waals surface area contributed by atoms with E-state index in [1.54, 1.807) is 0 Å². The monoisotopic (exact) mass is 367 g/mol. The van der Waals surface area contributed by atoms with Gasteiger partial charge in [0.15, 0.2) is 0 Å². The van der Waals surface area contributed by atoms with Crippen molar-refractivity contribution in [1.29, 1.82) is 0 Å². The molecule has 0 bridgehead atoms. The van der Waals surface area contributed by atoms with E-state index >= 15 is 0 Å². The van der Waals surface area contributed by atoms with Crippen LogP contribution < -0.4 is 11.0 Å². The maximum atomic E-state index is 13.6. The minimum absolute atomic E-state index is 0.143. The third-order valence-electron chi connectivity index (χ3n) is 4.03. The molecule has 6 heteroatoms. The zero-order valence-electron chi connectivity index (χ0n) is 15.6. The number of carbonyl (C=O) groups is 1. The van der Waals surface area contributed by atoms with Crippen molar-refractivity contribution >= 4 is 16.8 Å². The van der Waals surface area contributed by atoms with Crippen molar-refractivity contribution in [2.45, 2.75) is 33.6 Å². The van der Waals surface area contributed by atoms with Gasteiger partial charge in [-0.25, -0.2) is 14.1 Å². The fraction of sp³-hybridized carbons (Fsp3) is 0.286. The average molecular weight is 367 g/mol. The molecule has 0 radical (unpaired) electrons. The fourth-order valence-corrected chi connectivity index (χ4v) is 2.86. The fourth-order valence-electron chi connectivity index (χ4n) is 2.86. The second-order valence-electron chi connectivity index (χ2n) is 7.76. The van der Waals surface area contributed by atoms with E-state index in [0.29, 0.717) is 12.2 Å². The molecule has 0 atom stereocenters. The number of amides is 1. The van der Waals surface area contributed by atoms with E-state index in [1.807, 2.05) is 51.1 Å². The average Bonchev–Trinajstić information content (AvgIpc) is 2.57. The molecule has 0 aliphatic carbocycles. The van der Waals surface area contributed by atoms with Crippen molar-refractivity contribution in [3.05, 3.63) is 76.1 Å². The Morgan fingerprint density at radius 3 is 2.52 bits per heavy atom. The molecular formula is C21H22FN3O2. The smallest absolute Gasteiger partial charge is 0.273 e. The standard InChI is InChI=1S/C21H22FN3O2/c1-21(2,3)13-18-23-17-12-15(22)9-10-16(17)20(27)25(18)24-19(26)11-14-7-5-4-6-8-14/h4-10,12H,11,13H2,1-3H3,(H,24,26). The molecule has 140 valence electrons. The van der Waals surface area contributed by atoms with E-state index < -0.39 is 11.4 Å². The summed E-state index contributed by atoms with van der Waals surface area (Å²) in [6, 6.07) is 13.1. The lowest BCUT2D eigenvalue weighted by molar-refractivity contribution is -0.116. The second kappa shape index (κ2) is 7.31. The highest BCUT2D eigenvalue weighted by molar-refractivity contribution is 5.86. The first kappa shape index (κ1) is 18.8. The minimum Gasteiger partial charge on any atom is -0.273 e. The zero-order valence-corrected chi connectivity index (χ0v) is 15.6. The van der Waals surface area contributed by atoms with Crippen molar-refractivity contribution in [1.82, 2.24) is 9.66 Å². The molecule has 0 aliphatic heterocycles. The Kier molecular flexibility index (Phi) is 5.08. The van der Waals surface area contributed by atoms with Gasteiger partial charge in [0, 0.05) is 12.5 Å². The molecule has 1 aromatic heterocycles. The highest BCUT2D eigenvalue weighted by Crippen LogP contribution is 2.20. The van der Waals surface area contributed by atoms with Gasteiger partial charge >= 0.3 is 0 Å². The van der Waals surface area contributed by atoms with Gasteiger partial charge in [0.05, 0.1) is 17.3 Å². The van der Waals surface area contributed by atoms with Crippen LogP contribution in [0.2, 0.25) is 0 Å². The number of nitrogens with one attached hydrogen (secondary N) is 1. The molecule has 1 N–H and O–H groups in total. The van der Waals surface area contributed by atoms with Gasteiger partial charge in [-0.05, 0) is 23.1 Å². The number of nitrogens with zero attached hydrogens (tertiary/aromatic N) is 2. The summed E-state index contributed by atoms with van der Waals surface area (Å²) in [5.74, 6) is -0.379. The number of benzene rings is 2. The number of hydrogen-bond acceptors (Lipinski definition) is 3. The predicted molar refractivity (Wildman–Crippen MR) is 104 cm³/mol. The summed E-state index contributed by atoms with van der Waals surface area (Å²) in [4.78, 5) is 29.9. The molecule has 0 aliphatic rings. The van der Waals surface area contributed by atoms with Crippen LogP contribution >= 0.6 is 0 Å². The van der Waals surface area contributed by atoms with Crippen LogP contribution in [0, 0.1) is 11.2 Å². The van der Waals surface area contributed by atoms with Crippen molar-refractivity contribution < 1.29 is 9.18 Å². The maximum Gasteiger partial charge on any atom is 0.280 e. The van der Waals surface area contributed by atoms with E-state index in [4.69, 9.17) is 0 Å². The molecule has 0 spiro atoms. The lowest BCUT2D eigenvalue weighted by atomic mass is 9.92. The van der Waals surface area contributed by atoms with E-state index in [0.717, 1.165) is 5.56 Å². The van der Waals surface area contributed by atoms with Crippen LogP contribution in [-0.4, -0.2) is 15.6 Å². The summed E-state index contributed by atoms with van der Waals surface area (Å²) in [5.41, 5.74) is 3.20. The number of halogens is 1. The molecule has 2 aromatic carbocycles. The summed E-state index contributed by atoms with van der Waals surface area (Å²) in [6.45, 7) is 6.02. The first-order valence-electron chi connectivity index (χ1n) is 8.78. The lowest BCUT2D eigenvalue weighted by Gasteiger charge is -2.21. The Balaban J connectivity index is 2.02. The van der Waals surface area contributed by atoms with Crippen molar-refractivity contribution in [3.63, 3.8) is 0 Å². The molecule has 0 fully saturated rings. The molecule has 0 saturated carbocycles. The Labute approximate surface area is 156 Å². The predicted octanol–water partition coefficient (Wildman–Crippen LogP) is 3.44. The first-order valence-corrected chi connectivity index (χ1v) is 8.78. The number of hydrogen-bond donors (Lipinski definition) is 1. The number of carbonyl (C=O) groups excluding carboxylic acids is 1. The van der Waals surface area contributed by atoms with Crippen LogP contribution in [0.25, 0.3) is 10.9 Å². The van der Waals surface area contributed by atoms with E-state index in [2.05, 4.69) is 10.4 Å². The van der Waals surface area contributed by atoms with Crippen LogP contribution in [0.5, 0.6) is 0 Å². The third-order valence-corrected chi connectivity index (χ3v) is 4.03. The normalized spacial score (nSPS) is 11.6. The van der Waals surface area contributed by atoms with E-state index in [1.165, 1.54) is 22.9 Å². The number of fused-ring (bicyclic) bond motifs is 1. The number of rotatable bonds is 4. The molecule has 1 amide bonds. The molecule has 3 rings (SSSR count). The van der Waals surface area contributed by atoms with E-state index in [9.17, 15) is 14.0 Å². The van der Waals surface area contributed by atoms with Gasteiger partial charge in [0.25, 0.3) is 5.56 Å². The first-order chi connectivity index (χ1) is 12.7. The van der Waals surface area contributed by atoms with Crippen LogP contribution in [0.1, 0.15) is 32.2 Å². The van der Waals surface area contributed by atoms with Gasteiger partial charge in [-0.15, -0.1) is 0 Å². The van der Waals surface area contributed by atoms with Crippen LogP contribution in [0.3, 0.4) is 0 Å². The number of aromatic nitrogens is 2. The Bertz CT molecular complexity index is 1040. The van der Waals surface area contributed by atoms with Crippen LogP contribution in [0.4, 0.5) is 4.39 Å². The largest absolute Gasteiger partial charge is 0.280 e. The summed E-state index contributed by atoms with van der Waals surface area (Å²) >= 11 is 0.